The molecule has 0 aliphatic carbocycles. The Labute approximate surface area is 92.7 Å². The van der Waals surface area contributed by atoms with E-state index in [1.54, 1.807) is 13.8 Å². The van der Waals surface area contributed by atoms with Crippen LogP contribution in [0, 0.1) is 12.3 Å². The summed E-state index contributed by atoms with van der Waals surface area (Å²) in [6.45, 7) is 3.15. The molecule has 6 nitrogen and oxygen atoms in total. The van der Waals surface area contributed by atoms with Crippen LogP contribution in [-0.4, -0.2) is 28.6 Å². The van der Waals surface area contributed by atoms with Gasteiger partial charge in [0.15, 0.2) is 0 Å². The monoisotopic (exact) mass is 224 g/mol. The summed E-state index contributed by atoms with van der Waals surface area (Å²) in [7, 11) is 0. The van der Waals surface area contributed by atoms with Crippen LogP contribution in [0.1, 0.15) is 13.8 Å². The van der Waals surface area contributed by atoms with Crippen molar-refractivity contribution in [3.05, 3.63) is 12.2 Å². The van der Waals surface area contributed by atoms with E-state index in [0.717, 1.165) is 6.08 Å². The van der Waals surface area contributed by atoms with E-state index in [1.807, 2.05) is 5.32 Å². The first kappa shape index (κ1) is 13.7. The molecule has 3 amide bonds. The van der Waals surface area contributed by atoms with Gasteiger partial charge in [0.05, 0.1) is 5.54 Å². The highest BCUT2D eigenvalue weighted by Gasteiger charge is 2.17. The van der Waals surface area contributed by atoms with Gasteiger partial charge in [-0.1, -0.05) is 5.92 Å². The number of hydrogen-bond acceptors (Lipinski definition) is 3. The number of aliphatic carboxylic acids is 1. The predicted octanol–water partition coefficient (Wildman–Crippen LogP) is -0.135. The first-order chi connectivity index (χ1) is 7.26. The molecule has 0 radical (unpaired) electrons. The minimum atomic E-state index is -1.28. The van der Waals surface area contributed by atoms with E-state index < -0.39 is 23.4 Å². The molecule has 0 saturated heterocycles. The molecule has 0 rings (SSSR count). The summed E-state index contributed by atoms with van der Waals surface area (Å²) in [6, 6.07) is -0.789. The Bertz CT molecular complexity index is 377. The number of rotatable bonds is 3. The van der Waals surface area contributed by atoms with Gasteiger partial charge in [-0.05, 0) is 13.8 Å². The van der Waals surface area contributed by atoms with Gasteiger partial charge in [0, 0.05) is 12.2 Å². The third-order valence-electron chi connectivity index (χ3n) is 1.40. The lowest BCUT2D eigenvalue weighted by Gasteiger charge is -2.18. The summed E-state index contributed by atoms with van der Waals surface area (Å²) in [4.78, 5) is 32.2. The van der Waals surface area contributed by atoms with E-state index in [4.69, 9.17) is 11.5 Å². The molecule has 0 heterocycles. The summed E-state index contributed by atoms with van der Waals surface area (Å²) in [5.41, 5.74) is -0.888. The Morgan fingerprint density at radius 1 is 1.31 bits per heavy atom. The summed E-state index contributed by atoms with van der Waals surface area (Å²) in [5, 5.41) is 12.5. The zero-order valence-corrected chi connectivity index (χ0v) is 8.90. The Morgan fingerprint density at radius 2 is 1.88 bits per heavy atom. The molecular weight excluding hydrogens is 212 g/mol. The van der Waals surface area contributed by atoms with Crippen LogP contribution in [-0.2, 0) is 9.59 Å². The summed E-state index contributed by atoms with van der Waals surface area (Å²) in [5.74, 6) is 0.182. The fourth-order valence-corrected chi connectivity index (χ4v) is 0.652. The topological polar surface area (TPSA) is 95.5 Å². The molecule has 86 valence electrons. The Morgan fingerprint density at radius 3 is 2.31 bits per heavy atom. The van der Waals surface area contributed by atoms with Crippen LogP contribution in [0.3, 0.4) is 0 Å². The molecular formula is C10H12N2O4. The quantitative estimate of drug-likeness (QED) is 0.459. The van der Waals surface area contributed by atoms with Crippen LogP contribution in [0.5, 0.6) is 0 Å². The largest absolute Gasteiger partial charge is 0.478 e. The number of carboxylic acid groups (broad SMARTS) is 1. The number of carbonyl (C=O) groups excluding carboxylic acids is 2. The maximum absolute atomic E-state index is 11.2. The van der Waals surface area contributed by atoms with Gasteiger partial charge in [0.25, 0.3) is 5.91 Å². The maximum atomic E-state index is 11.2. The molecule has 0 aromatic heterocycles. The number of carbonyl (C=O) groups is 3. The number of carboxylic acids is 1. The van der Waals surface area contributed by atoms with Gasteiger partial charge in [-0.2, -0.15) is 0 Å². The van der Waals surface area contributed by atoms with E-state index in [2.05, 4.69) is 11.2 Å². The molecule has 0 fully saturated rings. The number of terminal acetylenes is 1. The average Bonchev–Trinajstić information content (AvgIpc) is 2.13. The van der Waals surface area contributed by atoms with Crippen molar-refractivity contribution in [2.24, 2.45) is 0 Å². The fourth-order valence-electron chi connectivity index (χ4n) is 0.652. The van der Waals surface area contributed by atoms with Crippen molar-refractivity contribution in [2.45, 2.75) is 19.4 Å². The maximum Gasteiger partial charge on any atom is 0.328 e. The molecule has 0 aromatic rings. The second kappa shape index (κ2) is 5.56. The van der Waals surface area contributed by atoms with Gasteiger partial charge in [-0.15, -0.1) is 6.42 Å². The Hall–Kier alpha value is -2.29. The number of hydrogen-bond donors (Lipinski definition) is 3. The van der Waals surface area contributed by atoms with Gasteiger partial charge in [-0.25, -0.2) is 9.59 Å². The lowest BCUT2D eigenvalue weighted by atomic mass is 10.1. The van der Waals surface area contributed by atoms with Crippen molar-refractivity contribution < 1.29 is 19.5 Å². The smallest absolute Gasteiger partial charge is 0.328 e. The Kier molecular flexibility index (Phi) is 4.76. The first-order valence-electron chi connectivity index (χ1n) is 4.29. The standard InChI is InChI=1S/C10H12N2O4/c1-4-10(2,3)12-9(16)11-7(13)5-6-8(14)15/h1,5-6H,2-3H3,(H,14,15)(H2,11,12,13,16). The fraction of sp³-hybridized carbons (Fsp3) is 0.300. The van der Waals surface area contributed by atoms with E-state index in [1.165, 1.54) is 0 Å². The number of urea groups is 1. The summed E-state index contributed by atoms with van der Waals surface area (Å²) >= 11 is 0. The van der Waals surface area contributed by atoms with Gasteiger partial charge in [-0.3, -0.25) is 10.1 Å². The van der Waals surface area contributed by atoms with Gasteiger partial charge in [0.1, 0.15) is 0 Å². The highest BCUT2D eigenvalue weighted by Crippen LogP contribution is 1.97. The van der Waals surface area contributed by atoms with Crippen molar-refractivity contribution in [2.75, 3.05) is 0 Å². The third kappa shape index (κ3) is 6.21. The molecule has 0 aliphatic rings. The van der Waals surface area contributed by atoms with Crippen molar-refractivity contribution in [3.8, 4) is 12.3 Å². The van der Waals surface area contributed by atoms with Gasteiger partial charge in [0.2, 0.25) is 0 Å². The van der Waals surface area contributed by atoms with Gasteiger partial charge < -0.3 is 10.4 Å². The third-order valence-corrected chi connectivity index (χ3v) is 1.40. The highest BCUT2D eigenvalue weighted by molar-refractivity contribution is 6.02. The van der Waals surface area contributed by atoms with E-state index in [-0.39, 0.29) is 0 Å². The Balaban J connectivity index is 4.23. The van der Waals surface area contributed by atoms with Crippen molar-refractivity contribution in [1.29, 1.82) is 0 Å². The SMILES string of the molecule is C#CC(C)(C)NC(=O)NC(=O)C=CC(=O)O. The van der Waals surface area contributed by atoms with Crippen LogP contribution in [0.25, 0.3) is 0 Å². The molecule has 0 aliphatic heterocycles. The van der Waals surface area contributed by atoms with Crippen molar-refractivity contribution in [3.63, 3.8) is 0 Å². The summed E-state index contributed by atoms with van der Waals surface area (Å²) in [6.07, 6.45) is 6.46. The molecule has 0 spiro atoms. The second-order valence-corrected chi connectivity index (χ2v) is 3.38. The van der Waals surface area contributed by atoms with E-state index in [9.17, 15) is 14.4 Å². The zero-order chi connectivity index (χ0) is 12.8. The van der Waals surface area contributed by atoms with Crippen molar-refractivity contribution >= 4 is 17.9 Å². The number of amides is 3. The van der Waals surface area contributed by atoms with Crippen LogP contribution in [0.15, 0.2) is 12.2 Å². The molecule has 0 bridgehead atoms. The molecule has 0 aromatic carbocycles. The van der Waals surface area contributed by atoms with Crippen molar-refractivity contribution in [1.82, 2.24) is 10.6 Å². The highest BCUT2D eigenvalue weighted by atomic mass is 16.4. The molecule has 3 N–H and O–H groups in total. The van der Waals surface area contributed by atoms with Crippen LogP contribution >= 0.6 is 0 Å². The predicted molar refractivity (Wildman–Crippen MR) is 56.4 cm³/mol. The number of nitrogens with one attached hydrogen (secondary N) is 2. The van der Waals surface area contributed by atoms with Gasteiger partial charge >= 0.3 is 12.0 Å². The zero-order valence-electron chi connectivity index (χ0n) is 8.90. The number of imide groups is 1. The molecule has 6 heteroatoms. The lowest BCUT2D eigenvalue weighted by molar-refractivity contribution is -0.131. The van der Waals surface area contributed by atoms with E-state index in [0.29, 0.717) is 6.08 Å². The molecule has 0 unspecified atom stereocenters. The normalized spacial score (nSPS) is 10.6. The van der Waals surface area contributed by atoms with E-state index >= 15 is 0 Å². The lowest BCUT2D eigenvalue weighted by Crippen LogP contribution is -2.48. The van der Waals surface area contributed by atoms with Crippen LogP contribution in [0.4, 0.5) is 4.79 Å². The minimum absolute atomic E-state index is 0.620. The average molecular weight is 224 g/mol. The first-order valence-corrected chi connectivity index (χ1v) is 4.29. The molecule has 0 saturated carbocycles. The van der Waals surface area contributed by atoms with Crippen LogP contribution < -0.4 is 10.6 Å². The molecule has 16 heavy (non-hydrogen) atoms. The molecule has 0 atom stereocenters. The second-order valence-electron chi connectivity index (χ2n) is 3.38. The van der Waals surface area contributed by atoms with Crippen LogP contribution in [0.2, 0.25) is 0 Å². The minimum Gasteiger partial charge on any atom is -0.478 e. The summed E-state index contributed by atoms with van der Waals surface area (Å²) < 4.78 is 0.